The molecule has 0 saturated carbocycles. The average molecular weight is 271 g/mol. The highest BCUT2D eigenvalue weighted by molar-refractivity contribution is 9.09. The summed E-state index contributed by atoms with van der Waals surface area (Å²) in [6.45, 7) is 6.70. The van der Waals surface area contributed by atoms with Crippen molar-refractivity contribution < 1.29 is 0 Å². The van der Waals surface area contributed by atoms with Crippen molar-refractivity contribution in [2.45, 2.75) is 38.4 Å². The Labute approximate surface area is 100 Å². The number of halogens is 1. The lowest BCUT2D eigenvalue weighted by Gasteiger charge is -2.26. The van der Waals surface area contributed by atoms with Gasteiger partial charge in [-0.05, 0) is 29.9 Å². The summed E-state index contributed by atoms with van der Waals surface area (Å²) < 4.78 is 0. The van der Waals surface area contributed by atoms with Crippen LogP contribution in [0.3, 0.4) is 0 Å². The van der Waals surface area contributed by atoms with Crippen molar-refractivity contribution in [1.29, 1.82) is 0 Å². The lowest BCUT2D eigenvalue weighted by Crippen LogP contribution is -2.19. The Morgan fingerprint density at radius 3 is 2.73 bits per heavy atom. The smallest absolute Gasteiger partial charge is 0.0377 e. The number of pyridine rings is 1. The number of nitrogens with two attached hydrogens (primary N) is 1. The van der Waals surface area contributed by atoms with E-state index in [0.717, 1.165) is 24.1 Å². The molecule has 0 bridgehead atoms. The lowest BCUT2D eigenvalue weighted by molar-refractivity contribution is 0.335. The molecule has 3 heteroatoms. The van der Waals surface area contributed by atoms with Gasteiger partial charge in [0, 0.05) is 22.9 Å². The third-order valence-corrected chi connectivity index (χ3v) is 2.77. The van der Waals surface area contributed by atoms with Crippen LogP contribution < -0.4 is 5.73 Å². The minimum Gasteiger partial charge on any atom is -0.398 e. The van der Waals surface area contributed by atoms with Crippen LogP contribution in [0.25, 0.3) is 0 Å². The van der Waals surface area contributed by atoms with Gasteiger partial charge in [-0.25, -0.2) is 0 Å². The fourth-order valence-corrected chi connectivity index (χ4v) is 2.81. The first-order valence-corrected chi connectivity index (χ1v) is 6.15. The first kappa shape index (κ1) is 12.5. The molecule has 1 aromatic heterocycles. The third kappa shape index (κ3) is 4.20. The van der Waals surface area contributed by atoms with Gasteiger partial charge in [0.2, 0.25) is 0 Å². The van der Waals surface area contributed by atoms with Crippen molar-refractivity contribution in [1.82, 2.24) is 4.98 Å². The largest absolute Gasteiger partial charge is 0.398 e. The summed E-state index contributed by atoms with van der Waals surface area (Å²) >= 11 is 3.60. The van der Waals surface area contributed by atoms with Crippen LogP contribution in [-0.4, -0.2) is 9.81 Å². The number of nitrogens with zero attached hydrogens (tertiary/aromatic N) is 1. The second-order valence-corrected chi connectivity index (χ2v) is 6.46. The van der Waals surface area contributed by atoms with E-state index in [4.69, 9.17) is 5.73 Å². The van der Waals surface area contributed by atoms with E-state index < -0.39 is 0 Å². The SMILES string of the molecule is CC(Br)CC(C)(C)Cc1cnccc1N. The topological polar surface area (TPSA) is 38.9 Å². The molecule has 0 aliphatic carbocycles. The third-order valence-electron chi connectivity index (χ3n) is 2.44. The quantitative estimate of drug-likeness (QED) is 0.852. The summed E-state index contributed by atoms with van der Waals surface area (Å²) in [6, 6.07) is 1.86. The summed E-state index contributed by atoms with van der Waals surface area (Å²) in [5.41, 5.74) is 8.15. The first-order valence-electron chi connectivity index (χ1n) is 5.23. The van der Waals surface area contributed by atoms with Crippen LogP contribution in [-0.2, 0) is 6.42 Å². The monoisotopic (exact) mass is 270 g/mol. The molecule has 0 saturated heterocycles. The molecular weight excluding hydrogens is 252 g/mol. The molecule has 0 aromatic carbocycles. The maximum atomic E-state index is 5.91. The number of rotatable bonds is 4. The van der Waals surface area contributed by atoms with Crippen LogP contribution in [0.15, 0.2) is 18.5 Å². The van der Waals surface area contributed by atoms with Crippen molar-refractivity contribution in [3.05, 3.63) is 24.0 Å². The van der Waals surface area contributed by atoms with Crippen molar-refractivity contribution >= 4 is 21.6 Å². The summed E-state index contributed by atoms with van der Waals surface area (Å²) in [5.74, 6) is 0. The molecule has 1 rings (SSSR count). The number of hydrogen-bond acceptors (Lipinski definition) is 2. The molecule has 2 N–H and O–H groups in total. The van der Waals surface area contributed by atoms with Crippen molar-refractivity contribution in [2.75, 3.05) is 5.73 Å². The Balaban J connectivity index is 2.73. The molecule has 2 nitrogen and oxygen atoms in total. The summed E-state index contributed by atoms with van der Waals surface area (Å²) in [4.78, 5) is 4.65. The molecule has 84 valence electrons. The summed E-state index contributed by atoms with van der Waals surface area (Å²) in [5, 5.41) is 0. The Morgan fingerprint density at radius 2 is 2.20 bits per heavy atom. The van der Waals surface area contributed by atoms with Crippen LogP contribution in [0.4, 0.5) is 5.69 Å². The molecule has 1 unspecified atom stereocenters. The average Bonchev–Trinajstić information content (AvgIpc) is 2.06. The van der Waals surface area contributed by atoms with E-state index in [1.807, 2.05) is 12.3 Å². The molecule has 0 amide bonds. The summed E-state index contributed by atoms with van der Waals surface area (Å²) in [7, 11) is 0. The minimum atomic E-state index is 0.250. The van der Waals surface area contributed by atoms with Crippen LogP contribution in [0.5, 0.6) is 0 Å². The standard InChI is InChI=1S/C12H19BrN2/c1-9(13)6-12(2,3)7-10-8-15-5-4-11(10)14/h4-5,8-9H,6-7H2,1-3H3,(H2,14,15). The van der Waals surface area contributed by atoms with Crippen molar-refractivity contribution in [2.24, 2.45) is 5.41 Å². The first-order chi connectivity index (χ1) is 6.91. The van der Waals surface area contributed by atoms with Crippen LogP contribution in [0.2, 0.25) is 0 Å². The molecule has 1 heterocycles. The van der Waals surface area contributed by atoms with E-state index in [-0.39, 0.29) is 5.41 Å². The lowest BCUT2D eigenvalue weighted by atomic mass is 9.82. The molecule has 1 aromatic rings. The molecule has 15 heavy (non-hydrogen) atoms. The maximum absolute atomic E-state index is 5.91. The molecule has 0 spiro atoms. The predicted molar refractivity (Wildman–Crippen MR) is 69.1 cm³/mol. The fourth-order valence-electron chi connectivity index (χ4n) is 1.93. The van der Waals surface area contributed by atoms with Gasteiger partial charge in [-0.3, -0.25) is 4.98 Å². The zero-order valence-corrected chi connectivity index (χ0v) is 11.2. The molecular formula is C12H19BrN2. The normalized spacial score (nSPS) is 13.9. The zero-order chi connectivity index (χ0) is 11.5. The van der Waals surface area contributed by atoms with Gasteiger partial charge < -0.3 is 5.73 Å². The van der Waals surface area contributed by atoms with Gasteiger partial charge in [-0.2, -0.15) is 0 Å². The highest BCUT2D eigenvalue weighted by Gasteiger charge is 2.21. The zero-order valence-electron chi connectivity index (χ0n) is 9.63. The van der Waals surface area contributed by atoms with Gasteiger partial charge in [0.05, 0.1) is 0 Å². The maximum Gasteiger partial charge on any atom is 0.0377 e. The van der Waals surface area contributed by atoms with E-state index in [9.17, 15) is 0 Å². The van der Waals surface area contributed by atoms with E-state index in [0.29, 0.717) is 4.83 Å². The minimum absolute atomic E-state index is 0.250. The van der Waals surface area contributed by atoms with Gasteiger partial charge in [0.1, 0.15) is 0 Å². The highest BCUT2D eigenvalue weighted by atomic mass is 79.9. The Hall–Kier alpha value is -0.570. The second-order valence-electron chi connectivity index (χ2n) is 4.90. The molecule has 0 radical (unpaired) electrons. The van der Waals surface area contributed by atoms with Crippen molar-refractivity contribution in [3.8, 4) is 0 Å². The van der Waals surface area contributed by atoms with Gasteiger partial charge in [0.15, 0.2) is 0 Å². The number of nitrogen functional groups attached to an aromatic ring is 1. The van der Waals surface area contributed by atoms with Crippen molar-refractivity contribution in [3.63, 3.8) is 0 Å². The molecule has 0 aliphatic rings. The van der Waals surface area contributed by atoms with Crippen LogP contribution in [0, 0.1) is 5.41 Å². The second kappa shape index (κ2) is 4.97. The van der Waals surface area contributed by atoms with Gasteiger partial charge in [0.25, 0.3) is 0 Å². The van der Waals surface area contributed by atoms with E-state index in [2.05, 4.69) is 41.7 Å². The molecule has 0 fully saturated rings. The molecule has 0 aliphatic heterocycles. The van der Waals surface area contributed by atoms with Gasteiger partial charge >= 0.3 is 0 Å². The highest BCUT2D eigenvalue weighted by Crippen LogP contribution is 2.31. The van der Waals surface area contributed by atoms with Crippen LogP contribution >= 0.6 is 15.9 Å². The number of alkyl halides is 1. The fraction of sp³-hybridized carbons (Fsp3) is 0.583. The van der Waals surface area contributed by atoms with Gasteiger partial charge in [-0.1, -0.05) is 36.7 Å². The van der Waals surface area contributed by atoms with E-state index in [1.54, 1.807) is 6.20 Å². The Morgan fingerprint density at radius 1 is 1.53 bits per heavy atom. The van der Waals surface area contributed by atoms with E-state index >= 15 is 0 Å². The Kier molecular flexibility index (Phi) is 4.14. The number of hydrogen-bond donors (Lipinski definition) is 1. The number of aromatic nitrogens is 1. The molecule has 1 atom stereocenters. The van der Waals surface area contributed by atoms with Gasteiger partial charge in [-0.15, -0.1) is 0 Å². The van der Waals surface area contributed by atoms with Crippen LogP contribution in [0.1, 0.15) is 32.8 Å². The predicted octanol–water partition coefficient (Wildman–Crippen LogP) is 3.41. The number of anilines is 1. The van der Waals surface area contributed by atoms with E-state index in [1.165, 1.54) is 0 Å². The summed E-state index contributed by atoms with van der Waals surface area (Å²) in [6.07, 6.45) is 5.71. The Bertz CT molecular complexity index is 321.